The third-order valence-electron chi connectivity index (χ3n) is 29.2. The molecule has 3 heteroatoms. The highest BCUT2D eigenvalue weighted by molar-refractivity contribution is 5.97. The van der Waals surface area contributed by atoms with Gasteiger partial charge in [0.05, 0.1) is 7.11 Å². The Balaban J connectivity index is 0.000000161. The van der Waals surface area contributed by atoms with Crippen LogP contribution in [0.15, 0.2) is 273 Å². The molecule has 0 aliphatic rings. The Morgan fingerprint density at radius 1 is 0.218 bits per heavy atom. The zero-order valence-electron chi connectivity index (χ0n) is 85.9. The van der Waals surface area contributed by atoms with Gasteiger partial charge >= 0.3 is 0 Å². The van der Waals surface area contributed by atoms with Gasteiger partial charge in [-0.05, 0) is 432 Å². The second kappa shape index (κ2) is 44.8. The number of ether oxygens (including phenoxy) is 1. The van der Waals surface area contributed by atoms with Crippen LogP contribution in [0, 0.1) is 187 Å². The molecule has 15 aromatic rings. The summed E-state index contributed by atoms with van der Waals surface area (Å²) in [6.07, 6.45) is 1.12. The van der Waals surface area contributed by atoms with Gasteiger partial charge in [0.15, 0.2) is 11.6 Å². The molecule has 0 saturated carbocycles. The van der Waals surface area contributed by atoms with Crippen molar-refractivity contribution in [1.82, 2.24) is 0 Å². The standard InChI is InChI=1S/C29H32O2.C27H32O.C27H32.C25H28.C22H22/c1-16-18(3)25(22(7)30)14-27(20(16)5)29(24-12-10-9-11-13-24)28-15-26(23(8)31)19(4)17(2)21(28)6;1-16-9-10-23(15-26(16)28-8)27(24-11-17(2)21(6)18(3)12-24)25-13-19(4)22(7)20(5)14-25;1-16-9-10-24(11-17(16)2)27(25-12-18(3)22(7)19(4)13-25)26-14-20(5)23(8)21(6)15-26;1-18-5-11-22(12-6-18)21(4)17-25(23-13-7-19(2)8-14-23)24-15-9-20(3)10-16-24;1-16-4-10-19(11-5-16)22(20-12-6-17(2)7-13-20)21-14-8-18(3)9-15-21/h9-15,29H,1-8H3;9-15,27H,1-8H3;9-15,27H,1-8H3;5-16,21,25H,17H2,1-4H3;4-15,22H,1-3H3. The molecule has 0 heterocycles. The predicted octanol–water partition coefficient (Wildman–Crippen LogP) is 34.2. The first-order valence-corrected chi connectivity index (χ1v) is 47.8. The maximum absolute atomic E-state index is 12.4. The van der Waals surface area contributed by atoms with Crippen molar-refractivity contribution in [2.24, 2.45) is 0 Å². The molecule has 0 aromatic heterocycles. The molecule has 0 N–H and O–H groups in total. The minimum absolute atomic E-state index is 0.0593. The van der Waals surface area contributed by atoms with E-state index >= 15 is 0 Å². The third kappa shape index (κ3) is 24.5. The quantitative estimate of drug-likeness (QED) is 0.0564. The Labute approximate surface area is 800 Å². The molecular formula is C130H146O3. The van der Waals surface area contributed by atoms with Crippen molar-refractivity contribution in [3.63, 3.8) is 0 Å². The van der Waals surface area contributed by atoms with Gasteiger partial charge in [0.2, 0.25) is 0 Å². The van der Waals surface area contributed by atoms with Crippen molar-refractivity contribution in [2.45, 2.75) is 250 Å². The van der Waals surface area contributed by atoms with Gasteiger partial charge in [-0.1, -0.05) is 295 Å². The van der Waals surface area contributed by atoms with Crippen molar-refractivity contribution in [3.8, 4) is 5.75 Å². The molecule has 684 valence electrons. The number of carbonyl (C=O) groups excluding carboxylic acids is 2. The summed E-state index contributed by atoms with van der Waals surface area (Å²) in [5.74, 6) is 2.74. The van der Waals surface area contributed by atoms with Crippen molar-refractivity contribution in [1.29, 1.82) is 0 Å². The van der Waals surface area contributed by atoms with E-state index in [4.69, 9.17) is 4.74 Å². The van der Waals surface area contributed by atoms with E-state index in [1.807, 2.05) is 32.0 Å². The lowest BCUT2D eigenvalue weighted by atomic mass is 9.76. The molecule has 133 heavy (non-hydrogen) atoms. The molecule has 0 bridgehead atoms. The highest BCUT2D eigenvalue weighted by Crippen LogP contribution is 2.44. The SMILES string of the molecule is CC(=O)c1cc(C(c2ccccc2)c2cc(C(C)=O)c(C)c(C)c2C)c(C)c(C)c1C.COc1cc(C(c2cc(C)c(C)c(C)c2)c2cc(C)c(C)c(C)c2)ccc1C.Cc1ccc(C(C)CC(c2ccc(C)cc2)c2ccc(C)cc2)cc1.Cc1ccc(C(c2cc(C)c(C)c(C)c2)c2cc(C)c(C)c(C)c2)cc1C.Cc1ccc(C(c2ccc(C)cc2)c2ccc(C)cc2)cc1. The lowest BCUT2D eigenvalue weighted by Crippen LogP contribution is -2.14. The van der Waals surface area contributed by atoms with Crippen LogP contribution in [0.4, 0.5) is 0 Å². The molecule has 0 aliphatic carbocycles. The van der Waals surface area contributed by atoms with Gasteiger partial charge in [0.25, 0.3) is 0 Å². The number of aryl methyl sites for hydroxylation is 17. The van der Waals surface area contributed by atoms with Crippen LogP contribution >= 0.6 is 0 Å². The van der Waals surface area contributed by atoms with Crippen molar-refractivity contribution < 1.29 is 14.3 Å². The number of benzene rings is 15. The summed E-state index contributed by atoms with van der Waals surface area (Å²) in [7, 11) is 1.75. The van der Waals surface area contributed by atoms with Gasteiger partial charge in [-0.3, -0.25) is 9.59 Å². The Hall–Kier alpha value is -12.6. The predicted molar refractivity (Wildman–Crippen MR) is 570 cm³/mol. The number of carbonyl (C=O) groups is 2. The van der Waals surface area contributed by atoms with Crippen molar-refractivity contribution >= 4 is 11.6 Å². The molecule has 0 spiro atoms. The van der Waals surface area contributed by atoms with E-state index in [1.54, 1.807) is 21.0 Å². The molecule has 15 rings (SSSR count). The van der Waals surface area contributed by atoms with Gasteiger partial charge in [-0.15, -0.1) is 0 Å². The Morgan fingerprint density at radius 2 is 0.466 bits per heavy atom. The molecule has 0 aliphatic heterocycles. The molecule has 0 amide bonds. The van der Waals surface area contributed by atoms with E-state index in [2.05, 4.69) is 435 Å². The lowest BCUT2D eigenvalue weighted by molar-refractivity contribution is 0.100. The van der Waals surface area contributed by atoms with Crippen LogP contribution in [-0.4, -0.2) is 18.7 Å². The average molecular weight is 1760 g/mol. The van der Waals surface area contributed by atoms with Gasteiger partial charge in [0.1, 0.15) is 5.75 Å². The summed E-state index contributed by atoms with van der Waals surface area (Å²) in [5.41, 5.74) is 56.3. The summed E-state index contributed by atoms with van der Waals surface area (Å²) in [5, 5.41) is 0. The number of ketones is 2. The smallest absolute Gasteiger partial charge is 0.160 e. The maximum Gasteiger partial charge on any atom is 0.160 e. The maximum atomic E-state index is 12.4. The summed E-state index contributed by atoms with van der Waals surface area (Å²) >= 11 is 0. The summed E-state index contributed by atoms with van der Waals surface area (Å²) in [4.78, 5) is 24.9. The van der Waals surface area contributed by atoms with Gasteiger partial charge in [-0.25, -0.2) is 0 Å². The van der Waals surface area contributed by atoms with E-state index < -0.39 is 0 Å². The zero-order chi connectivity index (χ0) is 96.8. The number of Topliss-reactive ketones (excluding diaryl/α,β-unsaturated/α-hetero) is 2. The van der Waals surface area contributed by atoms with Crippen LogP contribution in [-0.2, 0) is 0 Å². The second-order valence-electron chi connectivity index (χ2n) is 38.9. The molecular weight excluding hydrogens is 1610 g/mol. The molecule has 15 aromatic carbocycles. The first-order valence-electron chi connectivity index (χ1n) is 47.8. The number of rotatable bonds is 20. The zero-order valence-corrected chi connectivity index (χ0v) is 85.9. The van der Waals surface area contributed by atoms with Gasteiger partial charge in [0, 0.05) is 40.7 Å². The highest BCUT2D eigenvalue weighted by atomic mass is 16.5. The van der Waals surface area contributed by atoms with E-state index in [0.29, 0.717) is 17.8 Å². The average Bonchev–Trinajstić information content (AvgIpc) is 0.755. The Morgan fingerprint density at radius 3 is 0.752 bits per heavy atom. The van der Waals surface area contributed by atoms with Crippen LogP contribution in [0.3, 0.4) is 0 Å². The van der Waals surface area contributed by atoms with Crippen LogP contribution in [0.5, 0.6) is 5.75 Å². The van der Waals surface area contributed by atoms with Crippen LogP contribution in [0.1, 0.15) is 317 Å². The fourth-order valence-electron chi connectivity index (χ4n) is 19.0. The first-order chi connectivity index (χ1) is 63.1. The Bertz CT molecular complexity index is 6170. The summed E-state index contributed by atoms with van der Waals surface area (Å²) in [6.45, 7) is 64.1. The van der Waals surface area contributed by atoms with E-state index in [9.17, 15) is 9.59 Å². The largest absolute Gasteiger partial charge is 0.496 e. The van der Waals surface area contributed by atoms with Gasteiger partial charge in [-0.2, -0.15) is 0 Å². The monoisotopic (exact) mass is 1760 g/mol. The third-order valence-corrected chi connectivity index (χ3v) is 29.2. The number of hydrogen-bond donors (Lipinski definition) is 0. The van der Waals surface area contributed by atoms with Gasteiger partial charge < -0.3 is 4.74 Å². The molecule has 3 nitrogen and oxygen atoms in total. The molecule has 1 atom stereocenters. The fraction of sp³-hybridized carbons (Fsp3) is 0.292. The van der Waals surface area contributed by atoms with Crippen molar-refractivity contribution in [3.05, 3.63) is 518 Å². The molecule has 1 unspecified atom stereocenters. The normalized spacial score (nSPS) is 11.4. The molecule has 0 saturated heterocycles. The second-order valence-corrected chi connectivity index (χ2v) is 38.9. The van der Waals surface area contributed by atoms with E-state index in [-0.39, 0.29) is 29.3 Å². The number of methoxy groups -OCH3 is 1. The minimum atomic E-state index is -0.0593. The summed E-state index contributed by atoms with van der Waals surface area (Å²) in [6, 6.07) is 101. The van der Waals surface area contributed by atoms with E-state index in [0.717, 1.165) is 67.8 Å². The topological polar surface area (TPSA) is 43.4 Å². The minimum Gasteiger partial charge on any atom is -0.496 e. The summed E-state index contributed by atoms with van der Waals surface area (Å²) < 4.78 is 5.64. The lowest BCUT2D eigenvalue weighted by Gasteiger charge is -2.27. The Kier molecular flexibility index (Phi) is 34.0. The first kappa shape index (κ1) is 101. The highest BCUT2D eigenvalue weighted by Gasteiger charge is 2.29. The van der Waals surface area contributed by atoms with Crippen LogP contribution < -0.4 is 4.74 Å². The fourth-order valence-corrected chi connectivity index (χ4v) is 19.0. The van der Waals surface area contributed by atoms with Crippen LogP contribution in [0.2, 0.25) is 0 Å². The van der Waals surface area contributed by atoms with Crippen LogP contribution in [0.25, 0.3) is 0 Å². The van der Waals surface area contributed by atoms with E-state index in [1.165, 1.54) is 189 Å². The molecule has 0 radical (unpaired) electrons. The van der Waals surface area contributed by atoms with Crippen molar-refractivity contribution in [2.75, 3.05) is 7.11 Å². The molecule has 0 fully saturated rings. The number of hydrogen-bond acceptors (Lipinski definition) is 3.